The Kier molecular flexibility index (Phi) is 5.15. The Morgan fingerprint density at radius 3 is 2.23 bits per heavy atom. The number of rotatable bonds is 4. The third kappa shape index (κ3) is 3.74. The standard InChI is InChI=1S/C18H15F3N2O3/c1-10(25)23(2)12-5-3-11(4-6-12)13-7-14(16(22)9-24)17(26)8-15(13)18(19,20)21/h3-9,22,26H,1-2H3. The minimum absolute atomic E-state index is 0.136. The van der Waals surface area contributed by atoms with Gasteiger partial charge in [-0.15, -0.1) is 0 Å². The van der Waals surface area contributed by atoms with E-state index in [2.05, 4.69) is 0 Å². The van der Waals surface area contributed by atoms with Crippen molar-refractivity contribution in [1.29, 1.82) is 5.41 Å². The highest BCUT2D eigenvalue weighted by Gasteiger charge is 2.35. The van der Waals surface area contributed by atoms with E-state index in [0.717, 1.165) is 6.07 Å². The molecule has 0 unspecified atom stereocenters. The fourth-order valence-corrected chi connectivity index (χ4v) is 2.39. The largest absolute Gasteiger partial charge is 0.507 e. The highest BCUT2D eigenvalue weighted by molar-refractivity contribution is 6.35. The number of nitrogens with zero attached hydrogens (tertiary/aromatic N) is 1. The maximum atomic E-state index is 13.4. The van der Waals surface area contributed by atoms with Crippen LogP contribution in [0.15, 0.2) is 36.4 Å². The molecule has 5 nitrogen and oxygen atoms in total. The molecule has 0 spiro atoms. The average molecular weight is 364 g/mol. The van der Waals surface area contributed by atoms with Gasteiger partial charge in [-0.3, -0.25) is 15.0 Å². The van der Waals surface area contributed by atoms with Gasteiger partial charge in [-0.1, -0.05) is 12.1 Å². The summed E-state index contributed by atoms with van der Waals surface area (Å²) in [4.78, 5) is 23.5. The summed E-state index contributed by atoms with van der Waals surface area (Å²) in [6.07, 6.45) is -4.61. The number of carbonyl (C=O) groups is 2. The molecule has 0 saturated carbocycles. The molecule has 2 aromatic rings. The van der Waals surface area contributed by atoms with E-state index < -0.39 is 23.2 Å². The predicted molar refractivity (Wildman–Crippen MR) is 90.5 cm³/mol. The SMILES string of the molecule is CC(=O)N(C)c1ccc(-c2cc(C(=N)C=O)c(O)cc2C(F)(F)F)cc1. The van der Waals surface area contributed by atoms with Gasteiger partial charge < -0.3 is 10.0 Å². The van der Waals surface area contributed by atoms with Crippen LogP contribution in [0.1, 0.15) is 18.1 Å². The molecular weight excluding hydrogens is 349 g/mol. The average Bonchev–Trinajstić information content (AvgIpc) is 2.59. The number of hydrogen-bond acceptors (Lipinski definition) is 4. The zero-order chi connectivity index (χ0) is 19.6. The van der Waals surface area contributed by atoms with Crippen LogP contribution in [0.25, 0.3) is 11.1 Å². The van der Waals surface area contributed by atoms with E-state index in [9.17, 15) is 27.9 Å². The number of aromatic hydroxyl groups is 1. The van der Waals surface area contributed by atoms with E-state index >= 15 is 0 Å². The van der Waals surface area contributed by atoms with Crippen molar-refractivity contribution in [2.24, 2.45) is 0 Å². The van der Waals surface area contributed by atoms with Crippen LogP contribution in [-0.2, 0) is 15.8 Å². The molecule has 0 aromatic heterocycles. The first-order chi connectivity index (χ1) is 12.1. The summed E-state index contributed by atoms with van der Waals surface area (Å²) in [6, 6.07) is 7.20. The predicted octanol–water partition coefficient (Wildman–Crippen LogP) is 3.63. The first kappa shape index (κ1) is 19.2. The second-order valence-electron chi connectivity index (χ2n) is 5.57. The summed E-state index contributed by atoms with van der Waals surface area (Å²) < 4.78 is 40.1. The number of carbonyl (C=O) groups excluding carboxylic acids is 2. The van der Waals surface area contributed by atoms with Gasteiger partial charge in [0.2, 0.25) is 5.91 Å². The number of hydrogen-bond donors (Lipinski definition) is 2. The van der Waals surface area contributed by atoms with Crippen molar-refractivity contribution in [2.45, 2.75) is 13.1 Å². The van der Waals surface area contributed by atoms with Gasteiger partial charge in [0.05, 0.1) is 5.56 Å². The van der Waals surface area contributed by atoms with Gasteiger partial charge in [-0.2, -0.15) is 13.2 Å². The van der Waals surface area contributed by atoms with Gasteiger partial charge in [0.1, 0.15) is 11.5 Å². The Balaban J connectivity index is 2.64. The van der Waals surface area contributed by atoms with E-state index in [1.54, 1.807) is 0 Å². The lowest BCUT2D eigenvalue weighted by molar-refractivity contribution is -0.137. The molecule has 0 saturated heterocycles. The first-order valence-electron chi connectivity index (χ1n) is 7.39. The Hall–Kier alpha value is -3.16. The van der Waals surface area contributed by atoms with Crippen LogP contribution < -0.4 is 4.90 Å². The summed E-state index contributed by atoms with van der Waals surface area (Å²) in [5.41, 5.74) is -1.65. The molecule has 26 heavy (non-hydrogen) atoms. The smallest absolute Gasteiger partial charge is 0.417 e. The molecule has 0 aliphatic heterocycles. The Morgan fingerprint density at radius 1 is 1.19 bits per heavy atom. The highest BCUT2D eigenvalue weighted by Crippen LogP contribution is 2.40. The summed E-state index contributed by atoms with van der Waals surface area (Å²) >= 11 is 0. The topological polar surface area (TPSA) is 81.5 Å². The van der Waals surface area contributed by atoms with Crippen LogP contribution in [0.4, 0.5) is 18.9 Å². The second kappa shape index (κ2) is 6.99. The molecule has 8 heteroatoms. The molecule has 0 bridgehead atoms. The maximum absolute atomic E-state index is 13.4. The molecule has 136 valence electrons. The monoisotopic (exact) mass is 364 g/mol. The lowest BCUT2D eigenvalue weighted by atomic mass is 9.94. The van der Waals surface area contributed by atoms with Crippen LogP contribution in [0.3, 0.4) is 0 Å². The number of amides is 1. The van der Waals surface area contributed by atoms with Crippen molar-refractivity contribution in [3.63, 3.8) is 0 Å². The quantitative estimate of drug-likeness (QED) is 0.642. The molecule has 0 heterocycles. The van der Waals surface area contributed by atoms with Gasteiger partial charge in [0.25, 0.3) is 0 Å². The van der Waals surface area contributed by atoms with E-state index in [-0.39, 0.29) is 28.9 Å². The Labute approximate surface area is 147 Å². The van der Waals surface area contributed by atoms with Crippen LogP contribution >= 0.6 is 0 Å². The number of halogens is 3. The second-order valence-corrected chi connectivity index (χ2v) is 5.57. The molecular formula is C18H15F3N2O3. The fourth-order valence-electron chi connectivity index (χ4n) is 2.39. The van der Waals surface area contributed by atoms with Gasteiger partial charge in [-0.25, -0.2) is 0 Å². The molecule has 0 atom stereocenters. The molecule has 0 radical (unpaired) electrons. The third-order valence-corrected chi connectivity index (χ3v) is 3.89. The van der Waals surface area contributed by atoms with Gasteiger partial charge in [0, 0.05) is 25.2 Å². The maximum Gasteiger partial charge on any atom is 0.417 e. The number of phenols is 1. The zero-order valence-electron chi connectivity index (χ0n) is 13.9. The van der Waals surface area contributed by atoms with Gasteiger partial charge in [0.15, 0.2) is 6.29 Å². The van der Waals surface area contributed by atoms with Crippen molar-refractivity contribution in [3.8, 4) is 16.9 Å². The summed E-state index contributed by atoms with van der Waals surface area (Å²) in [5, 5.41) is 17.3. The minimum atomic E-state index is -4.75. The van der Waals surface area contributed by atoms with Crippen molar-refractivity contribution in [3.05, 3.63) is 47.5 Å². The van der Waals surface area contributed by atoms with Crippen molar-refractivity contribution in [1.82, 2.24) is 0 Å². The summed E-state index contributed by atoms with van der Waals surface area (Å²) in [6.45, 7) is 1.35. The number of anilines is 1. The van der Waals surface area contributed by atoms with E-state index in [1.165, 1.54) is 43.1 Å². The van der Waals surface area contributed by atoms with Gasteiger partial charge >= 0.3 is 6.18 Å². The Morgan fingerprint density at radius 2 is 1.77 bits per heavy atom. The molecule has 0 aliphatic carbocycles. The number of aldehydes is 1. The molecule has 0 fully saturated rings. The molecule has 2 rings (SSSR count). The van der Waals surface area contributed by atoms with Crippen molar-refractivity contribution >= 4 is 23.6 Å². The number of benzene rings is 2. The number of alkyl halides is 3. The van der Waals surface area contributed by atoms with Crippen LogP contribution in [0.2, 0.25) is 0 Å². The van der Waals surface area contributed by atoms with Crippen LogP contribution in [0.5, 0.6) is 5.75 Å². The lowest BCUT2D eigenvalue weighted by Crippen LogP contribution is -2.22. The van der Waals surface area contributed by atoms with Crippen LogP contribution in [0, 0.1) is 5.41 Å². The van der Waals surface area contributed by atoms with Crippen molar-refractivity contribution < 1.29 is 27.9 Å². The van der Waals surface area contributed by atoms with Gasteiger partial charge in [-0.05, 0) is 35.4 Å². The van der Waals surface area contributed by atoms with Crippen molar-refractivity contribution in [2.75, 3.05) is 11.9 Å². The van der Waals surface area contributed by atoms with Crippen LogP contribution in [-0.4, -0.2) is 30.1 Å². The zero-order valence-corrected chi connectivity index (χ0v) is 13.9. The number of phenolic OH excluding ortho intramolecular Hbond substituents is 1. The first-order valence-corrected chi connectivity index (χ1v) is 7.39. The normalized spacial score (nSPS) is 11.1. The fraction of sp³-hybridized carbons (Fsp3) is 0.167. The van der Waals surface area contributed by atoms with E-state index in [1.807, 2.05) is 0 Å². The lowest BCUT2D eigenvalue weighted by Gasteiger charge is -2.18. The third-order valence-electron chi connectivity index (χ3n) is 3.89. The summed E-state index contributed by atoms with van der Waals surface area (Å²) in [7, 11) is 1.53. The van der Waals surface area contributed by atoms with E-state index in [4.69, 9.17) is 5.41 Å². The minimum Gasteiger partial charge on any atom is -0.507 e. The Bertz CT molecular complexity index is 874. The molecule has 0 aliphatic rings. The highest BCUT2D eigenvalue weighted by atomic mass is 19.4. The molecule has 2 N–H and O–H groups in total. The molecule has 1 amide bonds. The molecule has 2 aromatic carbocycles. The number of nitrogens with one attached hydrogen (secondary N) is 1. The summed E-state index contributed by atoms with van der Waals surface area (Å²) in [5.74, 6) is -1.04. The van der Waals surface area contributed by atoms with E-state index in [0.29, 0.717) is 11.8 Å².